The first kappa shape index (κ1) is 22.0. The first-order valence-electron chi connectivity index (χ1n) is 10.3. The molecule has 10 heteroatoms. The molecule has 0 atom stereocenters. The maximum atomic E-state index is 14.6. The predicted octanol–water partition coefficient (Wildman–Crippen LogP) is 5.14. The zero-order valence-corrected chi connectivity index (χ0v) is 18.7. The van der Waals surface area contributed by atoms with Gasteiger partial charge in [-0.1, -0.05) is 0 Å². The minimum atomic E-state index is -0.626. The summed E-state index contributed by atoms with van der Waals surface area (Å²) in [5.41, 5.74) is 2.93. The van der Waals surface area contributed by atoms with E-state index in [0.717, 1.165) is 11.3 Å². The molecule has 0 saturated carbocycles. The van der Waals surface area contributed by atoms with Crippen LogP contribution < -0.4 is 15.4 Å². The number of aromatic nitrogens is 5. The molecule has 2 amide bonds. The van der Waals surface area contributed by atoms with Crippen LogP contribution in [0.3, 0.4) is 0 Å². The summed E-state index contributed by atoms with van der Waals surface area (Å²) in [5.74, 6) is 0.161. The van der Waals surface area contributed by atoms with Gasteiger partial charge in [0.25, 0.3) is 0 Å². The number of amides is 2. The lowest BCUT2D eigenvalue weighted by Gasteiger charge is -2.11. The lowest BCUT2D eigenvalue weighted by molar-refractivity contribution is 0.262. The summed E-state index contributed by atoms with van der Waals surface area (Å²) in [6, 6.07) is 7.24. The van der Waals surface area contributed by atoms with Gasteiger partial charge >= 0.3 is 6.03 Å². The zero-order chi connectivity index (χ0) is 23.5. The molecule has 9 nitrogen and oxygen atoms in total. The quantitative estimate of drug-likeness (QED) is 0.424. The van der Waals surface area contributed by atoms with Gasteiger partial charge < -0.3 is 15.4 Å². The van der Waals surface area contributed by atoms with Crippen molar-refractivity contribution in [1.29, 1.82) is 0 Å². The molecule has 4 rings (SSSR count). The topological polar surface area (TPSA) is 98.9 Å². The number of benzene rings is 1. The van der Waals surface area contributed by atoms with Crippen LogP contribution in [0.15, 0.2) is 55.1 Å². The van der Waals surface area contributed by atoms with E-state index in [9.17, 15) is 9.18 Å². The normalized spacial score (nSPS) is 11.0. The molecule has 2 N–H and O–H groups in total. The van der Waals surface area contributed by atoms with Crippen LogP contribution in [0, 0.1) is 12.7 Å². The minimum absolute atomic E-state index is 0.0273. The van der Waals surface area contributed by atoms with Crippen molar-refractivity contribution in [3.05, 3.63) is 66.6 Å². The first-order chi connectivity index (χ1) is 15.8. The molecule has 0 aliphatic heterocycles. The number of hydrogen-bond acceptors (Lipinski definition) is 5. The highest BCUT2D eigenvalue weighted by atomic mass is 19.1. The average molecular weight is 449 g/mol. The first-order valence-corrected chi connectivity index (χ1v) is 10.3. The number of hydrogen-bond donors (Lipinski definition) is 2. The standard InChI is InChI=1S/C23H24FN7O2/c1-14(2)31-15(3)22(12-27-31)29-23(32)28-20-6-5-17(9-19(20)24)33-18-7-8-25-21(10-18)16-11-26-30(4)13-16/h5-14H,1-4H3,(H2,28,29,32). The van der Waals surface area contributed by atoms with Gasteiger partial charge in [0.1, 0.15) is 17.3 Å². The Hall–Kier alpha value is -4.21. The number of carbonyl (C=O) groups is 1. The second-order valence-electron chi connectivity index (χ2n) is 7.78. The zero-order valence-electron chi connectivity index (χ0n) is 18.7. The largest absolute Gasteiger partial charge is 0.457 e. The van der Waals surface area contributed by atoms with Gasteiger partial charge in [-0.15, -0.1) is 0 Å². The Morgan fingerprint density at radius 2 is 1.82 bits per heavy atom. The summed E-state index contributed by atoms with van der Waals surface area (Å²) >= 11 is 0. The number of carbonyl (C=O) groups excluding carboxylic acids is 1. The third kappa shape index (κ3) is 5.00. The van der Waals surface area contributed by atoms with E-state index in [1.165, 1.54) is 12.1 Å². The van der Waals surface area contributed by atoms with Gasteiger partial charge in [-0.25, -0.2) is 9.18 Å². The van der Waals surface area contributed by atoms with Crippen LogP contribution in [-0.4, -0.2) is 30.6 Å². The van der Waals surface area contributed by atoms with Crippen LogP contribution in [0.4, 0.5) is 20.6 Å². The van der Waals surface area contributed by atoms with Crippen LogP contribution >= 0.6 is 0 Å². The summed E-state index contributed by atoms with van der Waals surface area (Å²) in [6.45, 7) is 5.84. The maximum Gasteiger partial charge on any atom is 0.323 e. The molecule has 0 radical (unpaired) electrons. The number of rotatable bonds is 6. The van der Waals surface area contributed by atoms with E-state index in [4.69, 9.17) is 4.74 Å². The summed E-state index contributed by atoms with van der Waals surface area (Å²) in [7, 11) is 1.82. The molecule has 0 aliphatic carbocycles. The Morgan fingerprint density at radius 1 is 1.06 bits per heavy atom. The SMILES string of the molecule is Cc1c(NC(=O)Nc2ccc(Oc3ccnc(-c4cnn(C)c4)c3)cc2F)cnn1C(C)C. The van der Waals surface area contributed by atoms with Gasteiger partial charge in [0.05, 0.1) is 35.2 Å². The number of nitrogens with one attached hydrogen (secondary N) is 2. The minimum Gasteiger partial charge on any atom is -0.457 e. The molecular weight excluding hydrogens is 425 g/mol. The molecular formula is C23H24FN7O2. The number of aryl methyl sites for hydroxylation is 1. The second kappa shape index (κ2) is 9.11. The van der Waals surface area contributed by atoms with Gasteiger partial charge in [-0.3, -0.25) is 14.3 Å². The van der Waals surface area contributed by atoms with E-state index in [2.05, 4.69) is 25.8 Å². The third-order valence-electron chi connectivity index (χ3n) is 4.94. The van der Waals surface area contributed by atoms with E-state index < -0.39 is 11.8 Å². The number of pyridine rings is 1. The summed E-state index contributed by atoms with van der Waals surface area (Å²) in [6.07, 6.45) is 6.72. The molecule has 0 spiro atoms. The van der Waals surface area contributed by atoms with E-state index in [-0.39, 0.29) is 17.5 Å². The molecule has 0 aliphatic rings. The number of urea groups is 1. The van der Waals surface area contributed by atoms with Crippen molar-refractivity contribution in [2.75, 3.05) is 10.6 Å². The van der Waals surface area contributed by atoms with Crippen molar-refractivity contribution in [3.63, 3.8) is 0 Å². The van der Waals surface area contributed by atoms with Crippen LogP contribution in [0.2, 0.25) is 0 Å². The van der Waals surface area contributed by atoms with Crippen LogP contribution in [0.5, 0.6) is 11.5 Å². The highest BCUT2D eigenvalue weighted by Gasteiger charge is 2.14. The molecule has 0 unspecified atom stereocenters. The van der Waals surface area contributed by atoms with Crippen LogP contribution in [0.1, 0.15) is 25.6 Å². The van der Waals surface area contributed by atoms with Crippen molar-refractivity contribution in [2.24, 2.45) is 7.05 Å². The molecule has 3 aromatic heterocycles. The van der Waals surface area contributed by atoms with Gasteiger partial charge in [-0.2, -0.15) is 10.2 Å². The highest BCUT2D eigenvalue weighted by Crippen LogP contribution is 2.28. The summed E-state index contributed by atoms with van der Waals surface area (Å²) in [4.78, 5) is 16.7. The molecule has 33 heavy (non-hydrogen) atoms. The van der Waals surface area contributed by atoms with Gasteiger partial charge in [0.2, 0.25) is 0 Å². The monoisotopic (exact) mass is 449 g/mol. The van der Waals surface area contributed by atoms with Crippen molar-refractivity contribution in [1.82, 2.24) is 24.5 Å². The number of nitrogens with zero attached hydrogens (tertiary/aromatic N) is 5. The van der Waals surface area contributed by atoms with E-state index in [0.29, 0.717) is 17.1 Å². The second-order valence-corrected chi connectivity index (χ2v) is 7.78. The Bertz CT molecular complexity index is 1300. The van der Waals surface area contributed by atoms with Gasteiger partial charge in [-0.05, 0) is 39.0 Å². The van der Waals surface area contributed by atoms with E-state index in [1.807, 2.05) is 34.0 Å². The van der Waals surface area contributed by atoms with Crippen molar-refractivity contribution < 1.29 is 13.9 Å². The lowest BCUT2D eigenvalue weighted by atomic mass is 10.2. The molecule has 0 bridgehead atoms. The van der Waals surface area contributed by atoms with Crippen molar-refractivity contribution in [2.45, 2.75) is 26.8 Å². The number of anilines is 2. The Labute approximate surface area is 190 Å². The molecule has 0 saturated heterocycles. The van der Waals surface area contributed by atoms with Gasteiger partial charge in [0.15, 0.2) is 0 Å². The average Bonchev–Trinajstić information content (AvgIpc) is 3.36. The van der Waals surface area contributed by atoms with E-state index in [1.54, 1.807) is 46.2 Å². The number of ether oxygens (including phenoxy) is 1. The molecule has 0 fully saturated rings. The maximum absolute atomic E-state index is 14.6. The van der Waals surface area contributed by atoms with Crippen molar-refractivity contribution in [3.8, 4) is 22.8 Å². The molecule has 170 valence electrons. The fourth-order valence-corrected chi connectivity index (χ4v) is 3.33. The Morgan fingerprint density at radius 3 is 2.48 bits per heavy atom. The highest BCUT2D eigenvalue weighted by molar-refractivity contribution is 6.00. The van der Waals surface area contributed by atoms with Crippen LogP contribution in [0.25, 0.3) is 11.3 Å². The van der Waals surface area contributed by atoms with Crippen molar-refractivity contribution >= 4 is 17.4 Å². The predicted molar refractivity (Wildman–Crippen MR) is 123 cm³/mol. The van der Waals surface area contributed by atoms with E-state index >= 15 is 0 Å². The molecule has 1 aromatic carbocycles. The molecule has 4 aromatic rings. The Balaban J connectivity index is 1.43. The van der Waals surface area contributed by atoms with Gasteiger partial charge in [0, 0.05) is 43.2 Å². The summed E-state index contributed by atoms with van der Waals surface area (Å²) < 4.78 is 23.9. The smallest absolute Gasteiger partial charge is 0.323 e. The Kier molecular flexibility index (Phi) is 6.07. The summed E-state index contributed by atoms with van der Waals surface area (Å²) in [5, 5.41) is 13.6. The lowest BCUT2D eigenvalue weighted by Crippen LogP contribution is -2.20. The molecule has 3 heterocycles. The number of halogens is 1. The fraction of sp³-hybridized carbons (Fsp3) is 0.217. The van der Waals surface area contributed by atoms with Crippen LogP contribution in [-0.2, 0) is 7.05 Å². The fourth-order valence-electron chi connectivity index (χ4n) is 3.33. The third-order valence-corrected chi connectivity index (χ3v) is 4.94.